The molecule has 1 aromatic carbocycles. The SMILES string of the molecule is Cc1ccc(C)c(C2CCCN2C(=O)c2ccc(=O)n(CC(=O)N3CCCCC3)c2)c1. The van der Waals surface area contributed by atoms with E-state index in [1.807, 2.05) is 9.80 Å². The molecule has 6 heteroatoms. The van der Waals surface area contributed by atoms with Gasteiger partial charge < -0.3 is 14.4 Å². The number of amides is 2. The van der Waals surface area contributed by atoms with E-state index in [1.165, 1.54) is 27.3 Å². The molecule has 3 heterocycles. The molecule has 0 bridgehead atoms. The zero-order valence-corrected chi connectivity index (χ0v) is 18.5. The molecule has 31 heavy (non-hydrogen) atoms. The molecule has 2 fully saturated rings. The molecule has 1 atom stereocenters. The van der Waals surface area contributed by atoms with Gasteiger partial charge in [-0.1, -0.05) is 23.8 Å². The average molecular weight is 422 g/mol. The predicted molar refractivity (Wildman–Crippen MR) is 120 cm³/mol. The topological polar surface area (TPSA) is 62.6 Å². The maximum atomic E-state index is 13.4. The Labute approximate surface area is 183 Å². The fraction of sp³-hybridized carbons (Fsp3) is 0.480. The van der Waals surface area contributed by atoms with Crippen molar-refractivity contribution in [3.05, 3.63) is 69.1 Å². The van der Waals surface area contributed by atoms with Crippen LogP contribution in [-0.4, -0.2) is 45.8 Å². The standard InChI is InChI=1S/C25H31N3O3/c1-18-8-9-19(2)21(15-18)22-7-6-14-28(22)25(31)20-10-11-23(29)27(16-20)17-24(30)26-12-4-3-5-13-26/h8-11,15-16,22H,3-7,12-14,17H2,1-2H3. The van der Waals surface area contributed by atoms with E-state index < -0.39 is 0 Å². The molecular weight excluding hydrogens is 390 g/mol. The summed E-state index contributed by atoms with van der Waals surface area (Å²) in [5.74, 6) is -0.136. The van der Waals surface area contributed by atoms with E-state index in [-0.39, 0.29) is 30.0 Å². The minimum absolute atomic E-state index is 0.0135. The van der Waals surface area contributed by atoms with Gasteiger partial charge in [0, 0.05) is 31.9 Å². The van der Waals surface area contributed by atoms with Gasteiger partial charge in [0.1, 0.15) is 6.54 Å². The van der Waals surface area contributed by atoms with E-state index in [1.54, 1.807) is 12.3 Å². The third-order valence-corrected chi connectivity index (χ3v) is 6.55. The van der Waals surface area contributed by atoms with Gasteiger partial charge in [-0.2, -0.15) is 0 Å². The van der Waals surface area contributed by atoms with E-state index in [0.717, 1.165) is 45.2 Å². The number of piperidine rings is 1. The first-order valence-electron chi connectivity index (χ1n) is 11.3. The van der Waals surface area contributed by atoms with Crippen LogP contribution in [0.2, 0.25) is 0 Å². The monoisotopic (exact) mass is 421 g/mol. The van der Waals surface area contributed by atoms with Crippen molar-refractivity contribution in [3.8, 4) is 0 Å². The quantitative estimate of drug-likeness (QED) is 0.760. The molecule has 2 saturated heterocycles. The Hall–Kier alpha value is -2.89. The molecule has 1 aromatic heterocycles. The lowest BCUT2D eigenvalue weighted by atomic mass is 9.97. The Morgan fingerprint density at radius 3 is 2.52 bits per heavy atom. The zero-order chi connectivity index (χ0) is 22.0. The average Bonchev–Trinajstić information content (AvgIpc) is 3.26. The van der Waals surface area contributed by atoms with Crippen LogP contribution >= 0.6 is 0 Å². The highest BCUT2D eigenvalue weighted by molar-refractivity contribution is 5.94. The summed E-state index contributed by atoms with van der Waals surface area (Å²) in [6.45, 7) is 6.33. The number of hydrogen-bond donors (Lipinski definition) is 0. The predicted octanol–water partition coefficient (Wildman–Crippen LogP) is 3.45. The molecule has 4 rings (SSSR count). The van der Waals surface area contributed by atoms with Crippen molar-refractivity contribution < 1.29 is 9.59 Å². The minimum Gasteiger partial charge on any atom is -0.341 e. The highest BCUT2D eigenvalue weighted by Gasteiger charge is 2.32. The highest BCUT2D eigenvalue weighted by Crippen LogP contribution is 2.35. The molecular formula is C25H31N3O3. The normalized spacial score (nSPS) is 19.0. The lowest BCUT2D eigenvalue weighted by molar-refractivity contribution is -0.132. The van der Waals surface area contributed by atoms with E-state index >= 15 is 0 Å². The maximum absolute atomic E-state index is 13.4. The van der Waals surface area contributed by atoms with Crippen molar-refractivity contribution in [1.82, 2.24) is 14.4 Å². The van der Waals surface area contributed by atoms with Crippen LogP contribution in [-0.2, 0) is 11.3 Å². The smallest absolute Gasteiger partial charge is 0.255 e. The summed E-state index contributed by atoms with van der Waals surface area (Å²) in [6, 6.07) is 9.41. The molecule has 2 aliphatic heterocycles. The number of aromatic nitrogens is 1. The number of likely N-dealkylation sites (tertiary alicyclic amines) is 2. The van der Waals surface area contributed by atoms with Crippen LogP contribution in [0.25, 0.3) is 0 Å². The molecule has 6 nitrogen and oxygen atoms in total. The number of rotatable bonds is 4. The first-order chi connectivity index (χ1) is 14.9. The molecule has 0 radical (unpaired) electrons. The summed E-state index contributed by atoms with van der Waals surface area (Å²) in [5, 5.41) is 0. The van der Waals surface area contributed by atoms with Gasteiger partial charge in [-0.3, -0.25) is 14.4 Å². The minimum atomic E-state index is -0.255. The summed E-state index contributed by atoms with van der Waals surface area (Å²) >= 11 is 0. The number of pyridine rings is 1. The second kappa shape index (κ2) is 9.08. The Kier molecular flexibility index (Phi) is 6.25. The van der Waals surface area contributed by atoms with Crippen molar-refractivity contribution in [1.29, 1.82) is 0 Å². The molecule has 164 valence electrons. The molecule has 0 N–H and O–H groups in total. The van der Waals surface area contributed by atoms with Gasteiger partial charge in [0.25, 0.3) is 11.5 Å². The maximum Gasteiger partial charge on any atom is 0.255 e. The Bertz CT molecular complexity index is 1040. The van der Waals surface area contributed by atoms with Crippen molar-refractivity contribution in [3.63, 3.8) is 0 Å². The van der Waals surface area contributed by atoms with Gasteiger partial charge in [0.2, 0.25) is 5.91 Å². The van der Waals surface area contributed by atoms with Gasteiger partial charge in [-0.05, 0) is 63.1 Å². The van der Waals surface area contributed by atoms with E-state index in [9.17, 15) is 14.4 Å². The van der Waals surface area contributed by atoms with Crippen LogP contribution in [0.5, 0.6) is 0 Å². The second-order valence-corrected chi connectivity index (χ2v) is 8.84. The number of benzene rings is 1. The van der Waals surface area contributed by atoms with E-state index in [0.29, 0.717) is 12.1 Å². The van der Waals surface area contributed by atoms with Gasteiger partial charge in [-0.15, -0.1) is 0 Å². The Balaban J connectivity index is 1.55. The molecule has 0 aliphatic carbocycles. The molecule has 2 amide bonds. The summed E-state index contributed by atoms with van der Waals surface area (Å²) in [6.07, 6.45) is 6.61. The van der Waals surface area contributed by atoms with Crippen molar-refractivity contribution in [2.75, 3.05) is 19.6 Å². The summed E-state index contributed by atoms with van der Waals surface area (Å²) in [4.78, 5) is 42.1. The number of hydrogen-bond acceptors (Lipinski definition) is 3. The zero-order valence-electron chi connectivity index (χ0n) is 18.5. The Morgan fingerprint density at radius 1 is 0.968 bits per heavy atom. The number of aryl methyl sites for hydroxylation is 2. The first-order valence-corrected chi connectivity index (χ1v) is 11.3. The van der Waals surface area contributed by atoms with Gasteiger partial charge >= 0.3 is 0 Å². The second-order valence-electron chi connectivity index (χ2n) is 8.84. The lowest BCUT2D eigenvalue weighted by Gasteiger charge is -2.28. The molecule has 2 aromatic rings. The van der Waals surface area contributed by atoms with Crippen LogP contribution in [0.4, 0.5) is 0 Å². The molecule has 2 aliphatic rings. The van der Waals surface area contributed by atoms with Crippen LogP contribution in [0.3, 0.4) is 0 Å². The lowest BCUT2D eigenvalue weighted by Crippen LogP contribution is -2.39. The highest BCUT2D eigenvalue weighted by atomic mass is 16.2. The van der Waals surface area contributed by atoms with E-state index in [2.05, 4.69) is 32.0 Å². The van der Waals surface area contributed by atoms with Crippen molar-refractivity contribution in [2.45, 2.75) is 58.5 Å². The number of carbonyl (C=O) groups is 2. The number of carbonyl (C=O) groups excluding carboxylic acids is 2. The molecule has 1 unspecified atom stereocenters. The first kappa shape index (κ1) is 21.3. The Morgan fingerprint density at radius 2 is 1.74 bits per heavy atom. The van der Waals surface area contributed by atoms with Crippen LogP contribution in [0.1, 0.15) is 65.2 Å². The van der Waals surface area contributed by atoms with Crippen LogP contribution in [0, 0.1) is 13.8 Å². The molecule has 0 spiro atoms. The van der Waals surface area contributed by atoms with Crippen molar-refractivity contribution in [2.24, 2.45) is 0 Å². The fourth-order valence-corrected chi connectivity index (χ4v) is 4.79. The largest absolute Gasteiger partial charge is 0.341 e. The summed E-state index contributed by atoms with van der Waals surface area (Å²) in [7, 11) is 0. The van der Waals surface area contributed by atoms with Crippen molar-refractivity contribution >= 4 is 11.8 Å². The van der Waals surface area contributed by atoms with E-state index in [4.69, 9.17) is 0 Å². The third-order valence-electron chi connectivity index (χ3n) is 6.55. The van der Waals surface area contributed by atoms with Gasteiger partial charge in [0.15, 0.2) is 0 Å². The molecule has 0 saturated carbocycles. The summed E-state index contributed by atoms with van der Waals surface area (Å²) in [5.41, 5.74) is 3.77. The summed E-state index contributed by atoms with van der Waals surface area (Å²) < 4.78 is 1.38. The van der Waals surface area contributed by atoms with Gasteiger partial charge in [0.05, 0.1) is 11.6 Å². The van der Waals surface area contributed by atoms with Gasteiger partial charge in [-0.25, -0.2) is 0 Å². The van der Waals surface area contributed by atoms with Crippen LogP contribution < -0.4 is 5.56 Å². The fourth-order valence-electron chi connectivity index (χ4n) is 4.79. The number of nitrogens with zero attached hydrogens (tertiary/aromatic N) is 3. The van der Waals surface area contributed by atoms with Crippen LogP contribution in [0.15, 0.2) is 41.3 Å². The third kappa shape index (κ3) is 4.58.